The minimum absolute atomic E-state index is 0.0151. The topological polar surface area (TPSA) is 210 Å². The number of para-hydroxylation sites is 1. The summed E-state index contributed by atoms with van der Waals surface area (Å²) in [5.41, 5.74) is 10.9. The molecule has 3 heterocycles. The van der Waals surface area contributed by atoms with Gasteiger partial charge in [-0.25, -0.2) is 14.8 Å². The number of aromatic nitrogens is 5. The number of hydrogen-bond acceptors (Lipinski definition) is 13. The van der Waals surface area contributed by atoms with E-state index in [-0.39, 0.29) is 40.2 Å². The number of nitrogen functional groups attached to an aromatic ring is 1. The molecule has 5 aromatic rings. The molecule has 2 aromatic heterocycles. The number of rotatable bonds is 9. The van der Waals surface area contributed by atoms with Gasteiger partial charge in [0.25, 0.3) is 11.6 Å². The number of ether oxygens (including phenoxy) is 1. The zero-order valence-corrected chi connectivity index (χ0v) is 23.8. The van der Waals surface area contributed by atoms with Crippen LogP contribution in [0.25, 0.3) is 5.82 Å². The second-order valence-corrected chi connectivity index (χ2v) is 10.1. The lowest BCUT2D eigenvalue weighted by molar-refractivity contribution is -0.384. The molecule has 226 valence electrons. The van der Waals surface area contributed by atoms with Crippen LogP contribution in [-0.2, 0) is 13.0 Å². The van der Waals surface area contributed by atoms with E-state index in [1.54, 1.807) is 12.1 Å². The Labute approximate surface area is 258 Å². The zero-order chi connectivity index (χ0) is 31.5. The third kappa shape index (κ3) is 6.02. The summed E-state index contributed by atoms with van der Waals surface area (Å²) < 4.78 is 11.4. The number of nitro groups is 1. The predicted molar refractivity (Wildman–Crippen MR) is 159 cm³/mol. The molecule has 0 unspecified atom stereocenters. The largest absolute Gasteiger partial charge is 0.423 e. The van der Waals surface area contributed by atoms with Crippen molar-refractivity contribution in [2.24, 2.45) is 5.10 Å². The number of nitrogens with zero attached hydrogens (tertiary/aromatic N) is 8. The van der Waals surface area contributed by atoms with Crippen molar-refractivity contribution >= 4 is 46.9 Å². The number of carbonyl (C=O) groups excluding carboxylic acids is 2. The first-order valence-electron chi connectivity index (χ1n) is 13.2. The van der Waals surface area contributed by atoms with Crippen molar-refractivity contribution in [2.45, 2.75) is 13.0 Å². The van der Waals surface area contributed by atoms with E-state index in [0.717, 1.165) is 18.2 Å². The fourth-order valence-electron chi connectivity index (χ4n) is 4.70. The molecule has 0 fully saturated rings. The Bertz CT molecular complexity index is 1970. The van der Waals surface area contributed by atoms with E-state index >= 15 is 0 Å². The fourth-order valence-corrected chi connectivity index (χ4v) is 4.89. The summed E-state index contributed by atoms with van der Waals surface area (Å²) in [6, 6.07) is 17.8. The van der Waals surface area contributed by atoms with Crippen LogP contribution in [0.5, 0.6) is 5.75 Å². The van der Waals surface area contributed by atoms with Gasteiger partial charge in [0, 0.05) is 18.3 Å². The molecule has 16 nitrogen and oxygen atoms in total. The molecule has 1 aliphatic rings. The van der Waals surface area contributed by atoms with Crippen LogP contribution in [0.4, 0.5) is 17.2 Å². The van der Waals surface area contributed by atoms with Crippen LogP contribution in [-0.4, -0.2) is 54.9 Å². The summed E-state index contributed by atoms with van der Waals surface area (Å²) in [7, 11) is 0. The maximum Gasteiger partial charge on any atom is 0.343 e. The second-order valence-electron chi connectivity index (χ2n) is 9.65. The number of fused-ring (bicyclic) bond motifs is 1. The number of benzene rings is 3. The van der Waals surface area contributed by atoms with E-state index in [1.165, 1.54) is 40.7 Å². The number of hydrazone groups is 1. The smallest absolute Gasteiger partial charge is 0.343 e. The molecule has 3 aromatic carbocycles. The van der Waals surface area contributed by atoms with Gasteiger partial charge >= 0.3 is 5.97 Å². The third-order valence-electron chi connectivity index (χ3n) is 6.83. The normalized spacial score (nSPS) is 12.3. The monoisotopic (exact) mass is 628 g/mol. The number of nitro benzene ring substituents is 1. The molecule has 0 saturated carbocycles. The summed E-state index contributed by atoms with van der Waals surface area (Å²) in [5.74, 6) is -1.27. The minimum Gasteiger partial charge on any atom is -0.423 e. The standard InChI is InChI=1S/C28H21ClN10O6/c29-20-9-8-18(13-22(20)39(42)43)28(41)44-19-6-3-4-16(12-19)14-31-33-27(40)24-23(38(36-32-24)26-25(30)34-45-35-26)15-37-11-10-17-5-1-2-7-21(17)37/h1-9,12-14H,10-11,15H2,(H2,30,34)(H,33,40)/b31-14+. The molecule has 6 rings (SSSR count). The SMILES string of the molecule is Nc1nonc1-n1nnc(C(=O)N/N=C/c2cccc(OC(=O)c3ccc(Cl)c([N+](=O)[O-])c3)c2)c1CN1CCc2ccccc21. The summed E-state index contributed by atoms with van der Waals surface area (Å²) in [6.07, 6.45) is 2.17. The van der Waals surface area contributed by atoms with Gasteiger partial charge in [-0.1, -0.05) is 47.1 Å². The van der Waals surface area contributed by atoms with Gasteiger partial charge in [0.15, 0.2) is 5.69 Å². The van der Waals surface area contributed by atoms with Crippen LogP contribution < -0.4 is 20.8 Å². The maximum absolute atomic E-state index is 13.2. The first-order chi connectivity index (χ1) is 21.8. The molecule has 0 saturated heterocycles. The van der Waals surface area contributed by atoms with E-state index in [0.29, 0.717) is 17.8 Å². The van der Waals surface area contributed by atoms with Gasteiger partial charge in [-0.15, -0.1) is 5.10 Å². The van der Waals surface area contributed by atoms with Crippen molar-refractivity contribution in [3.63, 3.8) is 0 Å². The molecule has 45 heavy (non-hydrogen) atoms. The number of carbonyl (C=O) groups is 2. The number of halogens is 1. The highest BCUT2D eigenvalue weighted by Gasteiger charge is 2.28. The van der Waals surface area contributed by atoms with Crippen LogP contribution in [0.15, 0.2) is 76.5 Å². The molecule has 1 amide bonds. The van der Waals surface area contributed by atoms with Crippen LogP contribution in [0.2, 0.25) is 5.02 Å². The lowest BCUT2D eigenvalue weighted by Crippen LogP contribution is -2.26. The Morgan fingerprint density at radius 3 is 2.80 bits per heavy atom. The molecule has 0 atom stereocenters. The second kappa shape index (κ2) is 12.2. The van der Waals surface area contributed by atoms with Gasteiger partial charge in [0.2, 0.25) is 11.6 Å². The number of amides is 1. The number of nitrogens with one attached hydrogen (secondary N) is 1. The Morgan fingerprint density at radius 1 is 1.16 bits per heavy atom. The summed E-state index contributed by atoms with van der Waals surface area (Å²) in [5, 5.41) is 30.6. The van der Waals surface area contributed by atoms with Crippen LogP contribution in [0.1, 0.15) is 37.7 Å². The van der Waals surface area contributed by atoms with Gasteiger partial charge < -0.3 is 15.4 Å². The highest BCUT2D eigenvalue weighted by molar-refractivity contribution is 6.32. The number of nitrogens with two attached hydrogens (primary N) is 1. The molecule has 3 N–H and O–H groups in total. The zero-order valence-electron chi connectivity index (χ0n) is 23.0. The number of anilines is 2. The Morgan fingerprint density at radius 2 is 2.00 bits per heavy atom. The first kappa shape index (κ1) is 28.9. The summed E-state index contributed by atoms with van der Waals surface area (Å²) >= 11 is 5.82. The van der Waals surface area contributed by atoms with Crippen molar-refractivity contribution in [1.29, 1.82) is 0 Å². The fraction of sp³-hybridized carbons (Fsp3) is 0.107. The van der Waals surface area contributed by atoms with E-state index in [4.69, 9.17) is 26.7 Å². The Balaban J connectivity index is 1.18. The van der Waals surface area contributed by atoms with Crippen molar-refractivity contribution in [3.8, 4) is 11.6 Å². The van der Waals surface area contributed by atoms with Gasteiger partial charge in [0.1, 0.15) is 10.8 Å². The third-order valence-corrected chi connectivity index (χ3v) is 7.14. The molecule has 1 aliphatic heterocycles. The van der Waals surface area contributed by atoms with Gasteiger partial charge in [0.05, 0.1) is 28.9 Å². The highest BCUT2D eigenvalue weighted by atomic mass is 35.5. The van der Waals surface area contributed by atoms with Crippen molar-refractivity contribution in [1.82, 2.24) is 30.7 Å². The molecule has 17 heteroatoms. The van der Waals surface area contributed by atoms with E-state index in [9.17, 15) is 19.7 Å². The van der Waals surface area contributed by atoms with Crippen molar-refractivity contribution < 1.29 is 23.9 Å². The first-order valence-corrected chi connectivity index (χ1v) is 13.6. The molecule has 0 bridgehead atoms. The van der Waals surface area contributed by atoms with Crippen molar-refractivity contribution in [2.75, 3.05) is 17.2 Å². The average Bonchev–Trinajstić information content (AvgIpc) is 3.76. The van der Waals surface area contributed by atoms with Crippen LogP contribution >= 0.6 is 11.6 Å². The van der Waals surface area contributed by atoms with Crippen LogP contribution in [0.3, 0.4) is 0 Å². The van der Waals surface area contributed by atoms with E-state index in [2.05, 4.69) is 36.1 Å². The number of esters is 1. The highest BCUT2D eigenvalue weighted by Crippen LogP contribution is 2.30. The number of hydrogen-bond donors (Lipinski definition) is 2. The molecule has 0 spiro atoms. The molecule has 0 radical (unpaired) electrons. The molecule has 0 aliphatic carbocycles. The Kier molecular flexibility index (Phi) is 7.85. The lowest BCUT2D eigenvalue weighted by Gasteiger charge is -2.19. The van der Waals surface area contributed by atoms with E-state index in [1.807, 2.05) is 24.3 Å². The maximum atomic E-state index is 13.2. The average molecular weight is 629 g/mol. The summed E-state index contributed by atoms with van der Waals surface area (Å²) in [6.45, 7) is 0.971. The Hall–Kier alpha value is -6.16. The quantitative estimate of drug-likeness (QED) is 0.0791. The van der Waals surface area contributed by atoms with E-state index < -0.39 is 22.5 Å². The predicted octanol–water partition coefficient (Wildman–Crippen LogP) is 3.34. The van der Waals surface area contributed by atoms with Gasteiger partial charge in [-0.2, -0.15) is 9.78 Å². The molecular formula is C28H21ClN10O6. The van der Waals surface area contributed by atoms with Crippen molar-refractivity contribution in [3.05, 3.63) is 110 Å². The minimum atomic E-state index is -0.823. The summed E-state index contributed by atoms with van der Waals surface area (Å²) in [4.78, 5) is 38.4. The van der Waals surface area contributed by atoms with Crippen LogP contribution in [0, 0.1) is 10.1 Å². The van der Waals surface area contributed by atoms with Gasteiger partial charge in [-0.05, 0) is 58.2 Å². The molecular weight excluding hydrogens is 608 g/mol. The van der Waals surface area contributed by atoms with Gasteiger partial charge in [-0.3, -0.25) is 14.9 Å². The lowest BCUT2D eigenvalue weighted by atomic mass is 10.2.